The van der Waals surface area contributed by atoms with Crippen molar-refractivity contribution in [3.8, 4) is 11.8 Å². The predicted octanol–water partition coefficient (Wildman–Crippen LogP) is 1.54. The number of rotatable bonds is 2. The van der Waals surface area contributed by atoms with Gasteiger partial charge in [0.15, 0.2) is 0 Å². The monoisotopic (exact) mass is 273 g/mol. The van der Waals surface area contributed by atoms with Gasteiger partial charge in [-0.3, -0.25) is 4.79 Å². The molecule has 3 unspecified atom stereocenters. The molecular formula is C13H14F3NO2. The summed E-state index contributed by atoms with van der Waals surface area (Å²) in [5.41, 5.74) is 1.49. The van der Waals surface area contributed by atoms with Gasteiger partial charge < -0.3 is 10.8 Å². The zero-order valence-electron chi connectivity index (χ0n) is 10.5. The van der Waals surface area contributed by atoms with Gasteiger partial charge in [0.25, 0.3) is 0 Å². The quantitative estimate of drug-likeness (QED) is 0.750. The number of halogens is 3. The second-order valence-corrected chi connectivity index (χ2v) is 4.31. The Morgan fingerprint density at radius 2 is 2.05 bits per heavy atom. The third-order valence-electron chi connectivity index (χ3n) is 3.09. The summed E-state index contributed by atoms with van der Waals surface area (Å²) in [7, 11) is 0. The van der Waals surface area contributed by atoms with Gasteiger partial charge in [-0.2, -0.15) is 13.2 Å². The van der Waals surface area contributed by atoms with Gasteiger partial charge in [-0.1, -0.05) is 31.1 Å². The number of carbonyl (C=O) groups excluding carboxylic acids is 1. The Labute approximate surface area is 109 Å². The van der Waals surface area contributed by atoms with Crippen LogP contribution in [-0.4, -0.2) is 22.8 Å². The molecule has 0 aromatic carbocycles. The fourth-order valence-corrected chi connectivity index (χ4v) is 2.07. The number of nitrogens with two attached hydrogens (primary N) is 1. The van der Waals surface area contributed by atoms with Crippen LogP contribution in [0, 0.1) is 23.7 Å². The largest absolute Gasteiger partial charge is 0.432 e. The average Bonchev–Trinajstić information content (AvgIpc) is 2.27. The molecule has 104 valence electrons. The summed E-state index contributed by atoms with van der Waals surface area (Å²) in [6.07, 6.45) is -1.14. The van der Waals surface area contributed by atoms with Crippen molar-refractivity contribution in [2.45, 2.75) is 25.6 Å². The van der Waals surface area contributed by atoms with Crippen LogP contribution < -0.4 is 5.73 Å². The van der Waals surface area contributed by atoms with Crippen molar-refractivity contribution in [2.24, 2.45) is 17.6 Å². The molecule has 0 aliphatic heterocycles. The minimum atomic E-state index is -4.95. The van der Waals surface area contributed by atoms with E-state index in [9.17, 15) is 23.1 Å². The highest BCUT2D eigenvalue weighted by Crippen LogP contribution is 2.42. The van der Waals surface area contributed by atoms with E-state index >= 15 is 0 Å². The number of alkyl halides is 3. The maximum Gasteiger partial charge on any atom is 0.432 e. The predicted molar refractivity (Wildman–Crippen MR) is 63.5 cm³/mol. The van der Waals surface area contributed by atoms with Crippen LogP contribution in [-0.2, 0) is 4.79 Å². The van der Waals surface area contributed by atoms with Crippen molar-refractivity contribution in [1.29, 1.82) is 0 Å². The summed E-state index contributed by atoms with van der Waals surface area (Å²) in [6, 6.07) is 0. The SMILES string of the molecule is CC#CC(O)(C1=CC=CC(C(N)=O)C1C)C(F)(F)F. The van der Waals surface area contributed by atoms with Gasteiger partial charge in [0.1, 0.15) is 0 Å². The number of hydrogen-bond acceptors (Lipinski definition) is 2. The Balaban J connectivity index is 3.32. The first-order valence-corrected chi connectivity index (χ1v) is 5.56. The molecule has 3 nitrogen and oxygen atoms in total. The van der Waals surface area contributed by atoms with Crippen LogP contribution in [0.5, 0.6) is 0 Å². The van der Waals surface area contributed by atoms with E-state index in [4.69, 9.17) is 5.73 Å². The number of carbonyl (C=O) groups is 1. The van der Waals surface area contributed by atoms with E-state index in [0.717, 1.165) is 6.08 Å². The fraction of sp³-hybridized carbons (Fsp3) is 0.462. The Kier molecular flexibility index (Phi) is 4.11. The van der Waals surface area contributed by atoms with Gasteiger partial charge in [0.2, 0.25) is 11.5 Å². The Morgan fingerprint density at radius 1 is 1.47 bits per heavy atom. The molecule has 19 heavy (non-hydrogen) atoms. The molecule has 0 spiro atoms. The van der Waals surface area contributed by atoms with Gasteiger partial charge in [0, 0.05) is 0 Å². The van der Waals surface area contributed by atoms with Crippen molar-refractivity contribution >= 4 is 5.91 Å². The number of amides is 1. The summed E-state index contributed by atoms with van der Waals surface area (Å²) in [4.78, 5) is 11.2. The summed E-state index contributed by atoms with van der Waals surface area (Å²) < 4.78 is 39.1. The molecule has 1 amide bonds. The van der Waals surface area contributed by atoms with E-state index < -0.39 is 29.5 Å². The zero-order valence-corrected chi connectivity index (χ0v) is 10.5. The molecule has 0 aromatic rings. The van der Waals surface area contributed by atoms with Crippen molar-refractivity contribution < 1.29 is 23.1 Å². The van der Waals surface area contributed by atoms with E-state index in [0.29, 0.717) is 0 Å². The maximum atomic E-state index is 13.0. The van der Waals surface area contributed by atoms with E-state index in [2.05, 4.69) is 5.92 Å². The van der Waals surface area contributed by atoms with Crippen LogP contribution in [0.2, 0.25) is 0 Å². The summed E-state index contributed by atoms with van der Waals surface area (Å²) >= 11 is 0. The maximum absolute atomic E-state index is 13.0. The summed E-state index contributed by atoms with van der Waals surface area (Å²) in [6.45, 7) is 2.60. The van der Waals surface area contributed by atoms with E-state index in [1.807, 2.05) is 0 Å². The molecule has 0 saturated heterocycles. The van der Waals surface area contributed by atoms with E-state index in [1.54, 1.807) is 5.92 Å². The molecule has 1 rings (SSSR count). The summed E-state index contributed by atoms with van der Waals surface area (Å²) in [5, 5.41) is 9.89. The lowest BCUT2D eigenvalue weighted by atomic mass is 9.75. The van der Waals surface area contributed by atoms with Crippen molar-refractivity contribution in [2.75, 3.05) is 0 Å². The smallest absolute Gasteiger partial charge is 0.369 e. The van der Waals surface area contributed by atoms with E-state index in [-0.39, 0.29) is 5.57 Å². The lowest BCUT2D eigenvalue weighted by molar-refractivity contribution is -0.223. The second kappa shape index (κ2) is 5.10. The topological polar surface area (TPSA) is 63.3 Å². The number of primary amides is 1. The van der Waals surface area contributed by atoms with E-state index in [1.165, 1.54) is 26.0 Å². The first-order valence-electron chi connectivity index (χ1n) is 5.56. The first kappa shape index (κ1) is 15.3. The van der Waals surface area contributed by atoms with Crippen LogP contribution in [0.3, 0.4) is 0 Å². The van der Waals surface area contributed by atoms with Gasteiger partial charge in [-0.25, -0.2) is 0 Å². The van der Waals surface area contributed by atoms with Gasteiger partial charge in [0.05, 0.1) is 5.92 Å². The molecule has 0 aromatic heterocycles. The van der Waals surface area contributed by atoms with Crippen molar-refractivity contribution in [1.82, 2.24) is 0 Å². The Bertz CT molecular complexity index is 496. The minimum absolute atomic E-state index is 0.374. The highest BCUT2D eigenvalue weighted by molar-refractivity contribution is 5.80. The molecule has 1 aliphatic carbocycles. The van der Waals surface area contributed by atoms with Crippen LogP contribution >= 0.6 is 0 Å². The molecule has 0 heterocycles. The molecule has 0 saturated carbocycles. The van der Waals surface area contributed by atoms with Gasteiger partial charge in [-0.05, 0) is 18.4 Å². The van der Waals surface area contributed by atoms with Crippen LogP contribution in [0.4, 0.5) is 13.2 Å². The van der Waals surface area contributed by atoms with Gasteiger partial charge >= 0.3 is 6.18 Å². The van der Waals surface area contributed by atoms with Crippen LogP contribution in [0.15, 0.2) is 23.8 Å². The lowest BCUT2D eigenvalue weighted by Crippen LogP contribution is -2.49. The Hall–Kier alpha value is -1.74. The average molecular weight is 273 g/mol. The highest BCUT2D eigenvalue weighted by atomic mass is 19.4. The number of aliphatic hydroxyl groups is 1. The number of hydrogen-bond donors (Lipinski definition) is 2. The molecule has 0 radical (unpaired) electrons. The first-order chi connectivity index (χ1) is 8.65. The van der Waals surface area contributed by atoms with Crippen LogP contribution in [0.1, 0.15) is 13.8 Å². The normalized spacial score (nSPS) is 25.9. The molecule has 0 fully saturated rings. The minimum Gasteiger partial charge on any atom is -0.369 e. The van der Waals surface area contributed by atoms with Gasteiger partial charge in [-0.15, -0.1) is 5.92 Å². The number of allylic oxidation sites excluding steroid dienone is 2. The fourth-order valence-electron chi connectivity index (χ4n) is 2.07. The molecular weight excluding hydrogens is 259 g/mol. The van der Waals surface area contributed by atoms with Crippen molar-refractivity contribution in [3.05, 3.63) is 23.8 Å². The third kappa shape index (κ3) is 2.66. The molecule has 3 N–H and O–H groups in total. The molecule has 3 atom stereocenters. The second-order valence-electron chi connectivity index (χ2n) is 4.31. The Morgan fingerprint density at radius 3 is 2.47 bits per heavy atom. The third-order valence-corrected chi connectivity index (χ3v) is 3.09. The standard InChI is InChI=1S/C13H14F3NO2/c1-3-7-12(19,13(14,15)16)10-6-4-5-9(8(10)2)11(17)18/h4-6,8-9,19H,1-2H3,(H2,17,18). The molecule has 0 bridgehead atoms. The highest BCUT2D eigenvalue weighted by Gasteiger charge is 2.57. The van der Waals surface area contributed by atoms with Crippen molar-refractivity contribution in [3.63, 3.8) is 0 Å². The molecule has 6 heteroatoms. The molecule has 1 aliphatic rings. The zero-order chi connectivity index (χ0) is 14.8. The summed E-state index contributed by atoms with van der Waals surface area (Å²) in [5.74, 6) is 1.34. The van der Waals surface area contributed by atoms with Crippen LogP contribution in [0.25, 0.3) is 0 Å². The lowest BCUT2D eigenvalue weighted by Gasteiger charge is -2.34.